The Hall–Kier alpha value is -0.905. The number of methoxy groups -OCH3 is 1. The average Bonchev–Trinajstić information content (AvgIpc) is 2.17. The first-order chi connectivity index (χ1) is 6.15. The number of pyridine rings is 1. The van der Waals surface area contributed by atoms with Crippen molar-refractivity contribution in [1.82, 2.24) is 4.98 Å². The average molecular weight is 181 g/mol. The lowest BCUT2D eigenvalue weighted by Gasteiger charge is -2.09. The van der Waals surface area contributed by atoms with Crippen LogP contribution in [0.3, 0.4) is 0 Å². The fourth-order valence-corrected chi connectivity index (χ4v) is 0.969. The van der Waals surface area contributed by atoms with Crippen LogP contribution in [0.4, 0.5) is 0 Å². The molecule has 1 aromatic heterocycles. The molecule has 0 aromatic carbocycles. The summed E-state index contributed by atoms with van der Waals surface area (Å²) in [5.74, 6) is 0. The van der Waals surface area contributed by atoms with Crippen LogP contribution in [0, 0.1) is 0 Å². The molecule has 70 valence electrons. The summed E-state index contributed by atoms with van der Waals surface area (Å²) in [6, 6.07) is 3.16. The van der Waals surface area contributed by atoms with E-state index >= 15 is 0 Å². The first-order valence-electron chi connectivity index (χ1n) is 4.00. The van der Waals surface area contributed by atoms with Gasteiger partial charge < -0.3 is 14.8 Å². The minimum Gasteiger partial charge on any atom is -0.423 e. The lowest BCUT2D eigenvalue weighted by molar-refractivity contribution is 0.116. The number of ether oxygens (including phenoxy) is 1. The number of hydrogen-bond donors (Lipinski definition) is 2. The second kappa shape index (κ2) is 4.36. The van der Waals surface area contributed by atoms with Gasteiger partial charge in [-0.3, -0.25) is 4.98 Å². The second-order valence-electron chi connectivity index (χ2n) is 2.77. The maximum atomic E-state index is 8.89. The van der Waals surface area contributed by atoms with Crippen molar-refractivity contribution in [1.29, 1.82) is 0 Å². The predicted molar refractivity (Wildman–Crippen MR) is 49.5 cm³/mol. The molecule has 1 unspecified atom stereocenters. The van der Waals surface area contributed by atoms with Crippen molar-refractivity contribution in [3.63, 3.8) is 0 Å². The lowest BCUT2D eigenvalue weighted by atomic mass is 9.80. The van der Waals surface area contributed by atoms with Gasteiger partial charge in [-0.25, -0.2) is 0 Å². The molecule has 2 N–H and O–H groups in total. The van der Waals surface area contributed by atoms with Gasteiger partial charge in [0.1, 0.15) is 0 Å². The molecule has 1 rings (SSSR count). The molecule has 0 aliphatic heterocycles. The number of hydrogen-bond acceptors (Lipinski definition) is 4. The Morgan fingerprint density at radius 2 is 2.23 bits per heavy atom. The molecule has 0 radical (unpaired) electrons. The Balaban J connectivity index is 2.91. The summed E-state index contributed by atoms with van der Waals surface area (Å²) in [6.07, 6.45) is 1.39. The van der Waals surface area contributed by atoms with Gasteiger partial charge in [-0.1, -0.05) is 0 Å². The topological polar surface area (TPSA) is 62.6 Å². The Morgan fingerprint density at radius 1 is 1.54 bits per heavy atom. The monoisotopic (exact) mass is 181 g/mol. The summed E-state index contributed by atoms with van der Waals surface area (Å²) in [5, 5.41) is 17.8. The number of nitrogens with zero attached hydrogens (tertiary/aromatic N) is 1. The normalized spacial score (nSPS) is 12.6. The van der Waals surface area contributed by atoms with Gasteiger partial charge in [-0.2, -0.15) is 0 Å². The van der Waals surface area contributed by atoms with E-state index in [0.717, 1.165) is 0 Å². The van der Waals surface area contributed by atoms with E-state index in [1.807, 2.05) is 6.92 Å². The highest BCUT2D eigenvalue weighted by Gasteiger charge is 2.13. The van der Waals surface area contributed by atoms with Gasteiger partial charge in [0, 0.05) is 13.3 Å². The van der Waals surface area contributed by atoms with Gasteiger partial charge in [0.15, 0.2) is 0 Å². The largest absolute Gasteiger partial charge is 0.488 e. The van der Waals surface area contributed by atoms with Crippen molar-refractivity contribution < 1.29 is 14.8 Å². The lowest BCUT2D eigenvalue weighted by Crippen LogP contribution is -2.30. The molecule has 1 heterocycles. The van der Waals surface area contributed by atoms with E-state index in [2.05, 4.69) is 4.98 Å². The zero-order chi connectivity index (χ0) is 9.84. The Morgan fingerprint density at radius 3 is 2.77 bits per heavy atom. The Bertz CT molecular complexity index is 280. The van der Waals surface area contributed by atoms with E-state index in [9.17, 15) is 0 Å². The molecule has 13 heavy (non-hydrogen) atoms. The van der Waals surface area contributed by atoms with E-state index in [0.29, 0.717) is 11.2 Å². The molecule has 0 amide bonds. The number of rotatable bonds is 3. The van der Waals surface area contributed by atoms with Crippen molar-refractivity contribution in [2.24, 2.45) is 0 Å². The molecule has 0 saturated carbocycles. The van der Waals surface area contributed by atoms with Crippen LogP contribution in [0.25, 0.3) is 0 Å². The summed E-state index contributed by atoms with van der Waals surface area (Å²) in [6.45, 7) is 1.84. The van der Waals surface area contributed by atoms with Gasteiger partial charge >= 0.3 is 7.12 Å². The van der Waals surface area contributed by atoms with Crippen molar-refractivity contribution in [3.8, 4) is 0 Å². The van der Waals surface area contributed by atoms with Crippen molar-refractivity contribution >= 4 is 12.6 Å². The predicted octanol–water partition coefficient (Wildman–Crippen LogP) is -0.531. The molecular formula is C8H12BNO3. The van der Waals surface area contributed by atoms with E-state index in [1.165, 1.54) is 6.20 Å². The number of aromatic nitrogens is 1. The highest BCUT2D eigenvalue weighted by Crippen LogP contribution is 2.10. The van der Waals surface area contributed by atoms with E-state index < -0.39 is 7.12 Å². The smallest absolute Gasteiger partial charge is 0.423 e. The van der Waals surface area contributed by atoms with E-state index in [-0.39, 0.29) is 6.10 Å². The van der Waals surface area contributed by atoms with Gasteiger partial charge in [0.25, 0.3) is 0 Å². The zero-order valence-corrected chi connectivity index (χ0v) is 7.64. The minimum absolute atomic E-state index is 0.140. The third-order valence-corrected chi connectivity index (χ3v) is 1.87. The second-order valence-corrected chi connectivity index (χ2v) is 2.77. The van der Waals surface area contributed by atoms with Crippen LogP contribution in [-0.4, -0.2) is 29.3 Å². The van der Waals surface area contributed by atoms with Crippen LogP contribution < -0.4 is 5.46 Å². The van der Waals surface area contributed by atoms with E-state index in [4.69, 9.17) is 14.8 Å². The van der Waals surface area contributed by atoms with Crippen molar-refractivity contribution in [3.05, 3.63) is 24.0 Å². The highest BCUT2D eigenvalue weighted by molar-refractivity contribution is 6.58. The summed E-state index contributed by atoms with van der Waals surface area (Å²) >= 11 is 0. The standard InChI is InChI=1S/C8H12BNO3/c1-6(13-2)8-5-7(9(11)12)3-4-10-8/h3-6,11-12H,1-2H3. The highest BCUT2D eigenvalue weighted by atomic mass is 16.5. The van der Waals surface area contributed by atoms with Gasteiger partial charge in [0.05, 0.1) is 11.8 Å². The summed E-state index contributed by atoms with van der Waals surface area (Å²) < 4.78 is 5.05. The summed E-state index contributed by atoms with van der Waals surface area (Å²) in [7, 11) is 0.125. The quantitative estimate of drug-likeness (QED) is 0.615. The fourth-order valence-electron chi connectivity index (χ4n) is 0.969. The molecule has 0 aliphatic carbocycles. The Labute approximate surface area is 77.3 Å². The van der Waals surface area contributed by atoms with Crippen LogP contribution in [0.5, 0.6) is 0 Å². The molecular weight excluding hydrogens is 169 g/mol. The summed E-state index contributed by atoms with van der Waals surface area (Å²) in [5.41, 5.74) is 1.11. The van der Waals surface area contributed by atoms with Crippen molar-refractivity contribution in [2.45, 2.75) is 13.0 Å². The third-order valence-electron chi connectivity index (χ3n) is 1.87. The molecule has 0 bridgehead atoms. The molecule has 1 atom stereocenters. The van der Waals surface area contributed by atoms with Crippen LogP contribution in [0.1, 0.15) is 18.7 Å². The van der Waals surface area contributed by atoms with Crippen LogP contribution in [0.15, 0.2) is 18.3 Å². The van der Waals surface area contributed by atoms with Crippen LogP contribution >= 0.6 is 0 Å². The van der Waals surface area contributed by atoms with Gasteiger partial charge in [-0.05, 0) is 24.5 Å². The van der Waals surface area contributed by atoms with E-state index in [1.54, 1.807) is 19.2 Å². The maximum Gasteiger partial charge on any atom is 0.488 e. The molecule has 0 fully saturated rings. The molecule has 0 saturated heterocycles. The van der Waals surface area contributed by atoms with Crippen molar-refractivity contribution in [2.75, 3.05) is 7.11 Å². The molecule has 0 aliphatic rings. The fraction of sp³-hybridized carbons (Fsp3) is 0.375. The van der Waals surface area contributed by atoms with Gasteiger partial charge in [0.2, 0.25) is 0 Å². The molecule has 5 heteroatoms. The maximum absolute atomic E-state index is 8.89. The first-order valence-corrected chi connectivity index (χ1v) is 4.00. The molecule has 4 nitrogen and oxygen atoms in total. The Kier molecular flexibility index (Phi) is 3.42. The van der Waals surface area contributed by atoms with Crippen LogP contribution in [-0.2, 0) is 4.74 Å². The van der Waals surface area contributed by atoms with Gasteiger partial charge in [-0.15, -0.1) is 0 Å². The first kappa shape index (κ1) is 10.2. The summed E-state index contributed by atoms with van der Waals surface area (Å²) in [4.78, 5) is 4.05. The molecule has 0 spiro atoms. The van der Waals surface area contributed by atoms with Crippen LogP contribution in [0.2, 0.25) is 0 Å². The molecule has 1 aromatic rings. The minimum atomic E-state index is -1.45. The third kappa shape index (κ3) is 2.52. The zero-order valence-electron chi connectivity index (χ0n) is 7.64. The SMILES string of the molecule is COC(C)c1cc(B(O)O)ccn1.